The molecule has 3 unspecified atom stereocenters. The summed E-state index contributed by atoms with van der Waals surface area (Å²) in [6.07, 6.45) is 6.95. The minimum Gasteiger partial charge on any atom is -0.480 e. The van der Waals surface area contributed by atoms with Crippen LogP contribution < -0.4 is 11.1 Å². The van der Waals surface area contributed by atoms with Gasteiger partial charge in [0.05, 0.1) is 7.85 Å². The van der Waals surface area contributed by atoms with Gasteiger partial charge in [0, 0.05) is 12.1 Å². The van der Waals surface area contributed by atoms with E-state index in [2.05, 4.69) is 5.32 Å². The number of carboxylic acids is 1. The summed E-state index contributed by atoms with van der Waals surface area (Å²) in [5, 5.41) is 13.0. The molecule has 2 bridgehead atoms. The third-order valence-corrected chi connectivity index (χ3v) is 4.64. The molecule has 4 N–H and O–H groups in total. The number of carbonyl (C=O) groups is 1. The monoisotopic (exact) mass is 250 g/mol. The Balaban J connectivity index is 2.02. The molecule has 0 aromatic rings. The largest absolute Gasteiger partial charge is 0.480 e. The van der Waals surface area contributed by atoms with Crippen molar-refractivity contribution in [1.82, 2.24) is 5.32 Å². The van der Waals surface area contributed by atoms with E-state index in [1.54, 1.807) is 0 Å². The van der Waals surface area contributed by atoms with Crippen LogP contribution in [0.2, 0.25) is 6.32 Å². The minimum atomic E-state index is -1.06. The fraction of sp³-hybridized carbons (Fsp3) is 0.923. The first kappa shape index (κ1) is 13.9. The number of carboxylic acid groups (broad SMARTS) is 1. The fourth-order valence-corrected chi connectivity index (χ4v) is 3.53. The second kappa shape index (κ2) is 5.62. The standard InChI is InChI=1S/C13H23BN2O2/c14-6-2-1-5-13(15,12(17)18)9-7-10-3-4-11(8-9)16-10/h9-11,16H,1-8,15H2,(H,17,18). The first-order valence-corrected chi connectivity index (χ1v) is 7.04. The first-order chi connectivity index (χ1) is 8.56. The van der Waals surface area contributed by atoms with Crippen molar-refractivity contribution in [1.29, 1.82) is 0 Å². The summed E-state index contributed by atoms with van der Waals surface area (Å²) in [7, 11) is 5.47. The predicted octanol–water partition coefficient (Wildman–Crippen LogP) is 1.06. The van der Waals surface area contributed by atoms with E-state index in [0.717, 1.165) is 25.7 Å². The molecular formula is C13H23BN2O2. The third-order valence-electron chi connectivity index (χ3n) is 4.64. The van der Waals surface area contributed by atoms with Crippen LogP contribution in [-0.4, -0.2) is 36.5 Å². The maximum Gasteiger partial charge on any atom is 0.323 e. The Labute approximate surface area is 110 Å². The fourth-order valence-electron chi connectivity index (χ4n) is 3.53. The van der Waals surface area contributed by atoms with Gasteiger partial charge in [0.15, 0.2) is 0 Å². The molecule has 5 heteroatoms. The van der Waals surface area contributed by atoms with Crippen molar-refractivity contribution in [2.75, 3.05) is 0 Å². The Bertz CT molecular complexity index is 301. The van der Waals surface area contributed by atoms with Gasteiger partial charge in [-0.05, 0) is 38.0 Å². The summed E-state index contributed by atoms with van der Waals surface area (Å²) in [6, 6.07) is 0.955. The summed E-state index contributed by atoms with van der Waals surface area (Å²) in [4.78, 5) is 11.6. The quantitative estimate of drug-likeness (QED) is 0.486. The van der Waals surface area contributed by atoms with E-state index < -0.39 is 11.5 Å². The van der Waals surface area contributed by atoms with Crippen LogP contribution in [0.3, 0.4) is 0 Å². The van der Waals surface area contributed by atoms with Gasteiger partial charge in [-0.3, -0.25) is 4.79 Å². The molecule has 2 aliphatic heterocycles. The van der Waals surface area contributed by atoms with Crippen LogP contribution in [0.4, 0.5) is 0 Å². The number of nitrogens with two attached hydrogens (primary N) is 1. The van der Waals surface area contributed by atoms with E-state index in [-0.39, 0.29) is 5.92 Å². The number of aliphatic carboxylic acids is 1. The van der Waals surface area contributed by atoms with Gasteiger partial charge in [-0.1, -0.05) is 19.2 Å². The van der Waals surface area contributed by atoms with Gasteiger partial charge >= 0.3 is 5.97 Å². The summed E-state index contributed by atoms with van der Waals surface area (Å²) < 4.78 is 0. The van der Waals surface area contributed by atoms with E-state index in [1.165, 1.54) is 12.8 Å². The molecular weight excluding hydrogens is 227 g/mol. The summed E-state index contributed by atoms with van der Waals surface area (Å²) in [5.74, 6) is -0.739. The van der Waals surface area contributed by atoms with Crippen molar-refractivity contribution in [2.24, 2.45) is 11.7 Å². The lowest BCUT2D eigenvalue weighted by Crippen LogP contribution is -2.58. The predicted molar refractivity (Wildman–Crippen MR) is 71.6 cm³/mol. The lowest BCUT2D eigenvalue weighted by Gasteiger charge is -2.39. The number of piperidine rings is 1. The Morgan fingerprint density at radius 1 is 1.33 bits per heavy atom. The average molecular weight is 250 g/mol. The Kier molecular flexibility index (Phi) is 4.33. The highest BCUT2D eigenvalue weighted by Gasteiger charge is 2.47. The van der Waals surface area contributed by atoms with Gasteiger partial charge in [0.25, 0.3) is 0 Å². The van der Waals surface area contributed by atoms with E-state index in [0.29, 0.717) is 24.8 Å². The van der Waals surface area contributed by atoms with Crippen LogP contribution in [0.25, 0.3) is 0 Å². The third kappa shape index (κ3) is 2.72. The van der Waals surface area contributed by atoms with Crippen LogP contribution >= 0.6 is 0 Å². The van der Waals surface area contributed by atoms with Crippen molar-refractivity contribution in [3.05, 3.63) is 0 Å². The zero-order valence-corrected chi connectivity index (χ0v) is 10.9. The zero-order chi connectivity index (χ0) is 13.2. The van der Waals surface area contributed by atoms with Crippen molar-refractivity contribution in [3.8, 4) is 0 Å². The van der Waals surface area contributed by atoms with E-state index in [4.69, 9.17) is 13.6 Å². The Morgan fingerprint density at radius 2 is 1.94 bits per heavy atom. The van der Waals surface area contributed by atoms with Gasteiger partial charge < -0.3 is 16.2 Å². The molecule has 2 rings (SSSR count). The molecule has 0 aromatic heterocycles. The summed E-state index contributed by atoms with van der Waals surface area (Å²) in [6.45, 7) is 0. The molecule has 0 spiro atoms. The van der Waals surface area contributed by atoms with Crippen molar-refractivity contribution in [3.63, 3.8) is 0 Å². The molecule has 2 aliphatic rings. The highest BCUT2D eigenvalue weighted by Crippen LogP contribution is 2.38. The topological polar surface area (TPSA) is 75.4 Å². The molecule has 2 fully saturated rings. The Hall–Kier alpha value is -0.545. The lowest BCUT2D eigenvalue weighted by molar-refractivity contribution is -0.146. The molecule has 18 heavy (non-hydrogen) atoms. The minimum absolute atomic E-state index is 0.103. The van der Waals surface area contributed by atoms with Gasteiger partial charge in [-0.15, -0.1) is 0 Å². The van der Waals surface area contributed by atoms with Crippen molar-refractivity contribution in [2.45, 2.75) is 68.9 Å². The second-order valence-electron chi connectivity index (χ2n) is 5.90. The molecule has 0 amide bonds. The van der Waals surface area contributed by atoms with Crippen molar-refractivity contribution < 1.29 is 9.90 Å². The highest BCUT2D eigenvalue weighted by molar-refractivity contribution is 6.08. The zero-order valence-electron chi connectivity index (χ0n) is 10.9. The van der Waals surface area contributed by atoms with Crippen LogP contribution in [0.1, 0.15) is 44.9 Å². The van der Waals surface area contributed by atoms with Crippen LogP contribution in [0.15, 0.2) is 0 Å². The van der Waals surface area contributed by atoms with E-state index >= 15 is 0 Å². The SMILES string of the molecule is [B]CCCCC(N)(C(=O)O)C1CC2CCC(C1)N2. The highest BCUT2D eigenvalue weighted by atomic mass is 16.4. The van der Waals surface area contributed by atoms with Crippen LogP contribution in [0, 0.1) is 5.92 Å². The molecule has 3 atom stereocenters. The maximum atomic E-state index is 11.6. The molecule has 2 saturated heterocycles. The molecule has 0 saturated carbocycles. The number of unbranched alkanes of at least 4 members (excludes halogenated alkanes) is 1. The van der Waals surface area contributed by atoms with Gasteiger partial charge in [0.2, 0.25) is 0 Å². The first-order valence-electron chi connectivity index (χ1n) is 7.04. The average Bonchev–Trinajstić information content (AvgIpc) is 2.68. The number of hydrogen-bond donors (Lipinski definition) is 3. The number of nitrogens with one attached hydrogen (secondary N) is 1. The molecule has 0 aliphatic carbocycles. The smallest absolute Gasteiger partial charge is 0.323 e. The van der Waals surface area contributed by atoms with Crippen LogP contribution in [0.5, 0.6) is 0 Å². The van der Waals surface area contributed by atoms with E-state index in [9.17, 15) is 9.90 Å². The molecule has 2 heterocycles. The molecule has 4 nitrogen and oxygen atoms in total. The number of fused-ring (bicyclic) bond motifs is 2. The van der Waals surface area contributed by atoms with E-state index in [1.807, 2.05) is 0 Å². The van der Waals surface area contributed by atoms with Gasteiger partial charge in [0.1, 0.15) is 5.54 Å². The number of rotatable bonds is 6. The van der Waals surface area contributed by atoms with Gasteiger partial charge in [-0.25, -0.2) is 0 Å². The molecule has 2 radical (unpaired) electrons. The number of hydrogen-bond acceptors (Lipinski definition) is 3. The van der Waals surface area contributed by atoms with Gasteiger partial charge in [-0.2, -0.15) is 0 Å². The second-order valence-corrected chi connectivity index (χ2v) is 5.90. The summed E-state index contributed by atoms with van der Waals surface area (Å²) >= 11 is 0. The summed E-state index contributed by atoms with van der Waals surface area (Å²) in [5.41, 5.74) is 5.18. The maximum absolute atomic E-state index is 11.6. The molecule has 100 valence electrons. The Morgan fingerprint density at radius 3 is 2.44 bits per heavy atom. The van der Waals surface area contributed by atoms with Crippen molar-refractivity contribution >= 4 is 13.8 Å². The van der Waals surface area contributed by atoms with Crippen LogP contribution in [-0.2, 0) is 4.79 Å². The normalized spacial score (nSPS) is 34.2. The molecule has 0 aromatic carbocycles. The lowest BCUT2D eigenvalue weighted by atomic mass is 9.73.